The van der Waals surface area contributed by atoms with Crippen LogP contribution in [0.1, 0.15) is 0 Å². The van der Waals surface area contributed by atoms with Gasteiger partial charge in [-0.05, 0) is 6.07 Å². The number of pyridine rings is 1. The Kier molecular flexibility index (Phi) is 1.81. The van der Waals surface area contributed by atoms with E-state index in [0.717, 1.165) is 6.07 Å². The number of hydrogen-bond acceptors (Lipinski definition) is 2. The first kappa shape index (κ1) is 11.0. The first-order valence-corrected chi connectivity index (χ1v) is 5.22. The number of hydrogen-bond donors (Lipinski definition) is 0. The Morgan fingerprint density at radius 3 is 2.00 bits per heavy atom. The first-order chi connectivity index (χ1) is 6.03. The van der Waals surface area contributed by atoms with Gasteiger partial charge in [-0.2, -0.15) is 0 Å². The van der Waals surface area contributed by atoms with E-state index < -0.39 is 15.1 Å². The smallest absolute Gasteiger partial charge is 0.311 e. The molecule has 0 saturated heterocycles. The summed E-state index contributed by atoms with van der Waals surface area (Å²) in [5.74, 6) is -0.157. The predicted molar refractivity (Wildman–Crippen MR) is 42.2 cm³/mol. The second-order valence-electron chi connectivity index (χ2n) is 2.51. The lowest BCUT2D eigenvalue weighted by atomic mass is 10.5. The molecule has 0 unspecified atom stereocenters. The fraction of sp³-hybridized carbons (Fsp3) is 0.167. The fourth-order valence-electron chi connectivity index (χ4n) is 0.716. The molecule has 0 atom stereocenters. The van der Waals surface area contributed by atoms with Crippen LogP contribution in [0.15, 0.2) is 23.2 Å². The van der Waals surface area contributed by atoms with Gasteiger partial charge in [0.05, 0.1) is 13.3 Å². The maximum Gasteiger partial charge on any atom is 0.311 e. The van der Waals surface area contributed by atoms with E-state index in [2.05, 4.69) is 9.72 Å². The van der Waals surface area contributed by atoms with Crippen molar-refractivity contribution in [1.82, 2.24) is 4.98 Å². The van der Waals surface area contributed by atoms with Gasteiger partial charge in [0.2, 0.25) is 5.88 Å². The topological polar surface area (TPSA) is 22.1 Å². The number of halogens is 5. The molecule has 82 valence electrons. The summed E-state index contributed by atoms with van der Waals surface area (Å²) < 4.78 is 64.9. The van der Waals surface area contributed by atoms with Crippen molar-refractivity contribution in [3.05, 3.63) is 18.3 Å². The molecule has 0 bridgehead atoms. The van der Waals surface area contributed by atoms with E-state index in [4.69, 9.17) is 0 Å². The maximum atomic E-state index is 12.1. The Hall–Kier alpha value is -1.05. The second-order valence-corrected chi connectivity index (χ2v) is 4.91. The molecule has 2 nitrogen and oxygen atoms in total. The van der Waals surface area contributed by atoms with Crippen LogP contribution in [0.5, 0.6) is 5.88 Å². The molecule has 1 rings (SSSR count). The molecule has 8 heteroatoms. The summed E-state index contributed by atoms with van der Waals surface area (Å²) in [4.78, 5) is 1.04. The lowest BCUT2D eigenvalue weighted by molar-refractivity contribution is 0.361. The summed E-state index contributed by atoms with van der Waals surface area (Å²) in [6.45, 7) is 0. The van der Waals surface area contributed by atoms with Crippen LogP contribution in [0.4, 0.5) is 19.4 Å². The van der Waals surface area contributed by atoms with Gasteiger partial charge in [0, 0.05) is 6.07 Å². The molecule has 1 aromatic heterocycles. The van der Waals surface area contributed by atoms with Gasteiger partial charge >= 0.3 is 10.2 Å². The van der Waals surface area contributed by atoms with Crippen molar-refractivity contribution in [2.24, 2.45) is 0 Å². The van der Waals surface area contributed by atoms with E-state index >= 15 is 0 Å². The molecule has 1 aromatic rings. The summed E-state index contributed by atoms with van der Waals surface area (Å²) in [6.07, 6.45) is 0.0559. The Morgan fingerprint density at radius 1 is 1.14 bits per heavy atom. The van der Waals surface area contributed by atoms with Crippen LogP contribution in [0.25, 0.3) is 0 Å². The fourth-order valence-corrected chi connectivity index (χ4v) is 1.29. The highest BCUT2D eigenvalue weighted by Gasteiger charge is 2.65. The molecular weight excluding hydrogens is 229 g/mol. The number of methoxy groups -OCH3 is 1. The van der Waals surface area contributed by atoms with Gasteiger partial charge in [0.15, 0.2) is 0 Å². The average Bonchev–Trinajstić information content (AvgIpc) is 2.01. The molecule has 0 N–H and O–H groups in total. The van der Waals surface area contributed by atoms with Gasteiger partial charge in [-0.15, -0.1) is 0 Å². The van der Waals surface area contributed by atoms with Gasteiger partial charge in [-0.25, -0.2) is 4.98 Å². The summed E-state index contributed by atoms with van der Waals surface area (Å²) in [7, 11) is -8.42. The van der Waals surface area contributed by atoms with Crippen molar-refractivity contribution in [2.75, 3.05) is 7.11 Å². The first-order valence-electron chi connectivity index (χ1n) is 3.27. The maximum absolute atomic E-state index is 12.1. The van der Waals surface area contributed by atoms with Gasteiger partial charge in [0.25, 0.3) is 0 Å². The van der Waals surface area contributed by atoms with E-state index in [0.29, 0.717) is 0 Å². The number of ether oxygens (including phenoxy) is 1. The van der Waals surface area contributed by atoms with Gasteiger partial charge in [-0.3, -0.25) is 0 Å². The molecule has 0 aliphatic heterocycles. The highest BCUT2D eigenvalue weighted by Crippen LogP contribution is 3.02. The monoisotopic (exact) mass is 235 g/mol. The zero-order valence-electron chi connectivity index (χ0n) is 6.89. The lowest BCUT2D eigenvalue weighted by Gasteiger charge is -2.40. The third kappa shape index (κ3) is 2.47. The van der Waals surface area contributed by atoms with Gasteiger partial charge in [-0.1, -0.05) is 19.4 Å². The van der Waals surface area contributed by atoms with Crippen molar-refractivity contribution >= 4 is 10.2 Å². The van der Waals surface area contributed by atoms with Crippen LogP contribution < -0.4 is 4.74 Å². The molecule has 1 heterocycles. The molecule has 0 aliphatic rings. The number of nitrogens with zero attached hydrogens (tertiary/aromatic N) is 1. The van der Waals surface area contributed by atoms with Crippen molar-refractivity contribution < 1.29 is 24.2 Å². The number of rotatable bonds is 2. The van der Waals surface area contributed by atoms with Crippen LogP contribution in [0, 0.1) is 0 Å². The predicted octanol–water partition coefficient (Wildman–Crippen LogP) is 3.75. The third-order valence-electron chi connectivity index (χ3n) is 1.36. The van der Waals surface area contributed by atoms with E-state index in [9.17, 15) is 19.4 Å². The molecule has 0 fully saturated rings. The summed E-state index contributed by atoms with van der Waals surface area (Å²) in [5.41, 5.74) is 0. The largest absolute Gasteiger partial charge is 0.481 e. The minimum Gasteiger partial charge on any atom is -0.481 e. The molecule has 0 aromatic carbocycles. The third-order valence-corrected chi connectivity index (χ3v) is 2.50. The molecule has 14 heavy (non-hydrogen) atoms. The molecule has 0 spiro atoms. The minimum atomic E-state index is -9.58. The molecule has 0 radical (unpaired) electrons. The van der Waals surface area contributed by atoms with E-state index in [1.165, 1.54) is 7.11 Å². The van der Waals surface area contributed by atoms with Crippen LogP contribution in [0.2, 0.25) is 0 Å². The summed E-state index contributed by atoms with van der Waals surface area (Å²) >= 11 is 0. The summed E-state index contributed by atoms with van der Waals surface area (Å²) in [5, 5.41) is 0. The normalized spacial score (nSPS) is 17.0. The van der Waals surface area contributed by atoms with Crippen molar-refractivity contribution in [2.45, 2.75) is 4.90 Å². The van der Waals surface area contributed by atoms with Gasteiger partial charge in [0.1, 0.15) is 4.90 Å². The zero-order chi connectivity index (χ0) is 11.1. The lowest BCUT2D eigenvalue weighted by Crippen LogP contribution is -2.06. The quantitative estimate of drug-likeness (QED) is 0.728. The minimum absolute atomic E-state index is 0.0559. The van der Waals surface area contributed by atoms with Gasteiger partial charge < -0.3 is 4.74 Å². The van der Waals surface area contributed by atoms with Crippen LogP contribution in [-0.4, -0.2) is 12.1 Å². The van der Waals surface area contributed by atoms with E-state index in [1.807, 2.05) is 0 Å². The van der Waals surface area contributed by atoms with Crippen LogP contribution in [0.3, 0.4) is 0 Å². The van der Waals surface area contributed by atoms with Crippen molar-refractivity contribution in [1.29, 1.82) is 0 Å². The SMILES string of the molecule is COc1ccc(S(F)(F)(F)(F)F)cn1. The molecule has 0 saturated carbocycles. The standard InChI is InChI=1S/C6H6F5NOS/c1-13-6-3-2-5(4-12-6)14(7,8,9,10)11/h2-4H,1H3. The highest BCUT2D eigenvalue weighted by molar-refractivity contribution is 8.45. The highest BCUT2D eigenvalue weighted by atomic mass is 32.5. The Morgan fingerprint density at radius 2 is 1.71 bits per heavy atom. The Labute approximate surface area is 76.4 Å². The Bertz CT molecular complexity index is 343. The molecule has 0 aliphatic carbocycles. The molecular formula is C6H6F5NOS. The van der Waals surface area contributed by atoms with Crippen molar-refractivity contribution in [3.63, 3.8) is 0 Å². The molecule has 0 amide bonds. The van der Waals surface area contributed by atoms with Crippen molar-refractivity contribution in [3.8, 4) is 5.88 Å². The second kappa shape index (κ2) is 2.30. The summed E-state index contributed by atoms with van der Waals surface area (Å²) in [6, 6.07) is 0.973. The van der Waals surface area contributed by atoms with Crippen LogP contribution >= 0.6 is 10.2 Å². The van der Waals surface area contributed by atoms with Crippen LogP contribution in [-0.2, 0) is 0 Å². The van der Waals surface area contributed by atoms with E-state index in [-0.39, 0.29) is 18.1 Å². The van der Waals surface area contributed by atoms with E-state index in [1.54, 1.807) is 0 Å². The Balaban J connectivity index is 3.24. The average molecular weight is 235 g/mol. The number of aromatic nitrogens is 1. The zero-order valence-corrected chi connectivity index (χ0v) is 7.70.